The largest absolute Gasteiger partial charge is 0.493 e. The Labute approximate surface area is 119 Å². The molecule has 3 nitrogen and oxygen atoms in total. The van der Waals surface area contributed by atoms with Gasteiger partial charge in [0.15, 0.2) is 11.5 Å². The van der Waals surface area contributed by atoms with Gasteiger partial charge in [-0.1, -0.05) is 12.1 Å². The second kappa shape index (κ2) is 7.65. The van der Waals surface area contributed by atoms with Crippen LogP contribution < -0.4 is 9.47 Å². The predicted octanol–water partition coefficient (Wildman–Crippen LogP) is 2.89. The molecule has 1 unspecified atom stereocenters. The van der Waals surface area contributed by atoms with E-state index in [1.807, 2.05) is 30.0 Å². The van der Waals surface area contributed by atoms with Crippen molar-refractivity contribution in [2.45, 2.75) is 31.8 Å². The van der Waals surface area contributed by atoms with Crippen molar-refractivity contribution in [1.29, 1.82) is 0 Å². The van der Waals surface area contributed by atoms with Crippen LogP contribution in [0.1, 0.15) is 24.8 Å². The van der Waals surface area contributed by atoms with Gasteiger partial charge in [-0.2, -0.15) is 11.8 Å². The molecule has 4 heteroatoms. The molecule has 0 spiro atoms. The SMILES string of the molecule is COc1c(CCCO)cccc1OC1CCCSC1. The number of benzene rings is 1. The monoisotopic (exact) mass is 282 g/mol. The number of hydrogen-bond donors (Lipinski definition) is 1. The Hall–Kier alpha value is -0.870. The van der Waals surface area contributed by atoms with E-state index in [0.29, 0.717) is 6.10 Å². The first-order chi connectivity index (χ1) is 9.35. The first kappa shape index (κ1) is 14.5. The number of methoxy groups -OCH3 is 1. The van der Waals surface area contributed by atoms with Crippen molar-refractivity contribution in [2.75, 3.05) is 25.2 Å². The second-order valence-electron chi connectivity index (χ2n) is 4.73. The third-order valence-electron chi connectivity index (χ3n) is 3.28. The van der Waals surface area contributed by atoms with Gasteiger partial charge in [-0.3, -0.25) is 0 Å². The van der Waals surface area contributed by atoms with Crippen LogP contribution in [-0.2, 0) is 6.42 Å². The zero-order valence-electron chi connectivity index (χ0n) is 11.4. The van der Waals surface area contributed by atoms with Crippen LogP contribution in [0.5, 0.6) is 11.5 Å². The summed E-state index contributed by atoms with van der Waals surface area (Å²) in [7, 11) is 1.68. The zero-order valence-corrected chi connectivity index (χ0v) is 12.2. The van der Waals surface area contributed by atoms with E-state index in [1.165, 1.54) is 12.2 Å². The quantitative estimate of drug-likeness (QED) is 0.871. The molecule has 106 valence electrons. The van der Waals surface area contributed by atoms with Crippen molar-refractivity contribution in [1.82, 2.24) is 0 Å². The summed E-state index contributed by atoms with van der Waals surface area (Å²) in [5, 5.41) is 8.95. The average molecular weight is 282 g/mol. The zero-order chi connectivity index (χ0) is 13.5. The minimum Gasteiger partial charge on any atom is -0.493 e. The third kappa shape index (κ3) is 4.05. The van der Waals surface area contributed by atoms with Gasteiger partial charge in [-0.15, -0.1) is 0 Å². The van der Waals surface area contributed by atoms with E-state index in [1.54, 1.807) is 7.11 Å². The van der Waals surface area contributed by atoms with Crippen LogP contribution >= 0.6 is 11.8 Å². The minimum absolute atomic E-state index is 0.202. The molecule has 19 heavy (non-hydrogen) atoms. The molecule has 0 saturated carbocycles. The topological polar surface area (TPSA) is 38.7 Å². The Morgan fingerprint density at radius 1 is 1.42 bits per heavy atom. The lowest BCUT2D eigenvalue weighted by atomic mass is 10.1. The van der Waals surface area contributed by atoms with E-state index >= 15 is 0 Å². The van der Waals surface area contributed by atoms with Gasteiger partial charge in [0.25, 0.3) is 0 Å². The summed E-state index contributed by atoms with van der Waals surface area (Å²) in [4.78, 5) is 0. The highest BCUT2D eigenvalue weighted by Gasteiger charge is 2.18. The predicted molar refractivity (Wildman–Crippen MR) is 79.4 cm³/mol. The number of thioether (sulfide) groups is 1. The fourth-order valence-corrected chi connectivity index (χ4v) is 3.37. The van der Waals surface area contributed by atoms with Crippen LogP contribution in [0.3, 0.4) is 0 Å². The maximum Gasteiger partial charge on any atom is 0.163 e. The molecule has 1 aliphatic heterocycles. The number of hydrogen-bond acceptors (Lipinski definition) is 4. The molecule has 1 aliphatic rings. The fourth-order valence-electron chi connectivity index (χ4n) is 2.34. The van der Waals surface area contributed by atoms with Crippen molar-refractivity contribution in [2.24, 2.45) is 0 Å². The highest BCUT2D eigenvalue weighted by atomic mass is 32.2. The molecule has 0 bridgehead atoms. The molecule has 1 saturated heterocycles. The van der Waals surface area contributed by atoms with Crippen molar-refractivity contribution >= 4 is 11.8 Å². The van der Waals surface area contributed by atoms with E-state index in [4.69, 9.17) is 14.6 Å². The fraction of sp³-hybridized carbons (Fsp3) is 0.600. The lowest BCUT2D eigenvalue weighted by Crippen LogP contribution is -2.23. The normalized spacial score (nSPS) is 19.2. The van der Waals surface area contributed by atoms with Gasteiger partial charge in [0.2, 0.25) is 0 Å². The van der Waals surface area contributed by atoms with E-state index < -0.39 is 0 Å². The Morgan fingerprint density at radius 3 is 3.00 bits per heavy atom. The lowest BCUT2D eigenvalue weighted by Gasteiger charge is -2.24. The summed E-state index contributed by atoms with van der Waals surface area (Å²) in [5.41, 5.74) is 1.11. The molecule has 1 N–H and O–H groups in total. The second-order valence-corrected chi connectivity index (χ2v) is 5.88. The first-order valence-electron chi connectivity index (χ1n) is 6.86. The molecule has 1 fully saturated rings. The Bertz CT molecular complexity index is 389. The van der Waals surface area contributed by atoms with Gasteiger partial charge in [-0.25, -0.2) is 0 Å². The Balaban J connectivity index is 2.09. The number of aryl methyl sites for hydroxylation is 1. The van der Waals surface area contributed by atoms with E-state index in [-0.39, 0.29) is 6.61 Å². The summed E-state index contributed by atoms with van der Waals surface area (Å²) in [6.45, 7) is 0.202. The molecule has 1 aromatic rings. The molecular weight excluding hydrogens is 260 g/mol. The van der Waals surface area contributed by atoms with Crippen LogP contribution in [0.2, 0.25) is 0 Å². The number of rotatable bonds is 6. The Morgan fingerprint density at radius 2 is 2.32 bits per heavy atom. The minimum atomic E-state index is 0.202. The maximum atomic E-state index is 8.95. The van der Waals surface area contributed by atoms with Gasteiger partial charge in [-0.05, 0) is 43.1 Å². The molecule has 1 aromatic carbocycles. The van der Waals surface area contributed by atoms with Crippen LogP contribution in [0.25, 0.3) is 0 Å². The van der Waals surface area contributed by atoms with Crippen molar-refractivity contribution in [3.8, 4) is 11.5 Å². The molecule has 0 radical (unpaired) electrons. The molecule has 1 heterocycles. The smallest absolute Gasteiger partial charge is 0.163 e. The first-order valence-corrected chi connectivity index (χ1v) is 8.01. The molecular formula is C15H22O3S. The van der Waals surface area contributed by atoms with Gasteiger partial charge in [0, 0.05) is 12.4 Å². The Kier molecular flexibility index (Phi) is 5.86. The number of para-hydroxylation sites is 1. The number of aliphatic hydroxyl groups is 1. The summed E-state index contributed by atoms with van der Waals surface area (Å²) < 4.78 is 11.6. The van der Waals surface area contributed by atoms with Gasteiger partial charge in [0.1, 0.15) is 6.10 Å². The molecule has 0 amide bonds. The van der Waals surface area contributed by atoms with Crippen LogP contribution in [0.15, 0.2) is 18.2 Å². The van der Waals surface area contributed by atoms with Crippen LogP contribution in [0, 0.1) is 0 Å². The van der Waals surface area contributed by atoms with Crippen LogP contribution in [0.4, 0.5) is 0 Å². The molecule has 1 atom stereocenters. The molecule has 0 aromatic heterocycles. The summed E-state index contributed by atoms with van der Waals surface area (Å²) in [6, 6.07) is 6.01. The van der Waals surface area contributed by atoms with Crippen molar-refractivity contribution in [3.63, 3.8) is 0 Å². The highest BCUT2D eigenvalue weighted by Crippen LogP contribution is 2.34. The molecule has 2 rings (SSSR count). The van der Waals surface area contributed by atoms with Crippen molar-refractivity contribution in [3.05, 3.63) is 23.8 Å². The van der Waals surface area contributed by atoms with Gasteiger partial charge < -0.3 is 14.6 Å². The average Bonchev–Trinajstić information content (AvgIpc) is 2.46. The van der Waals surface area contributed by atoms with E-state index in [0.717, 1.165) is 42.1 Å². The maximum absolute atomic E-state index is 8.95. The number of aliphatic hydroxyl groups excluding tert-OH is 1. The summed E-state index contributed by atoms with van der Waals surface area (Å²) in [6.07, 6.45) is 4.20. The summed E-state index contributed by atoms with van der Waals surface area (Å²) >= 11 is 1.95. The standard InChI is InChI=1S/C15H22O3S/c1-17-15-12(6-3-9-16)5-2-8-14(15)18-13-7-4-10-19-11-13/h2,5,8,13,16H,3-4,6-7,9-11H2,1H3. The molecule has 0 aliphatic carbocycles. The highest BCUT2D eigenvalue weighted by molar-refractivity contribution is 7.99. The van der Waals surface area contributed by atoms with Crippen LogP contribution in [-0.4, -0.2) is 36.4 Å². The van der Waals surface area contributed by atoms with E-state index in [9.17, 15) is 0 Å². The van der Waals surface area contributed by atoms with Gasteiger partial charge in [0.05, 0.1) is 7.11 Å². The third-order valence-corrected chi connectivity index (χ3v) is 4.47. The lowest BCUT2D eigenvalue weighted by molar-refractivity contribution is 0.201. The number of ether oxygens (including phenoxy) is 2. The van der Waals surface area contributed by atoms with E-state index in [2.05, 4.69) is 0 Å². The summed E-state index contributed by atoms with van der Waals surface area (Å²) in [5.74, 6) is 3.97. The van der Waals surface area contributed by atoms with Crippen molar-refractivity contribution < 1.29 is 14.6 Å². The van der Waals surface area contributed by atoms with Gasteiger partial charge >= 0.3 is 0 Å².